The highest BCUT2D eigenvalue weighted by atomic mass is 35.5. The summed E-state index contributed by atoms with van der Waals surface area (Å²) in [4.78, 5) is 8.13. The van der Waals surface area contributed by atoms with E-state index in [2.05, 4.69) is 9.97 Å². The van der Waals surface area contributed by atoms with Crippen molar-refractivity contribution in [1.82, 2.24) is 9.97 Å². The number of nitrogens with zero attached hydrogens (tertiary/aromatic N) is 2. The Bertz CT molecular complexity index is 344. The fraction of sp³-hybridized carbons (Fsp3) is 0.556. The second-order valence-electron chi connectivity index (χ2n) is 3.85. The molecule has 3 nitrogen and oxygen atoms in total. The molecule has 3 fully saturated rings. The van der Waals surface area contributed by atoms with Crippen molar-refractivity contribution in [2.45, 2.75) is 24.4 Å². The highest BCUT2D eigenvalue weighted by molar-refractivity contribution is 6.29. The minimum Gasteiger partial charge on any atom is -0.377 e. The topological polar surface area (TPSA) is 35.0 Å². The molecular weight excluding hydrogens is 188 g/mol. The first-order valence-electron chi connectivity index (χ1n) is 4.38. The average molecular weight is 197 g/mol. The van der Waals surface area contributed by atoms with Gasteiger partial charge in [0.1, 0.15) is 11.5 Å². The van der Waals surface area contributed by atoms with Gasteiger partial charge < -0.3 is 4.74 Å². The standard InChI is InChI=1S/C9H9ClN2O/c10-8-1-7(11-5-12-8)9-2-6(3-9)13-4-9/h1,5-6H,2-4H2. The lowest BCUT2D eigenvalue weighted by Gasteiger charge is -2.34. The first-order chi connectivity index (χ1) is 6.28. The molecule has 0 aromatic carbocycles. The van der Waals surface area contributed by atoms with E-state index in [4.69, 9.17) is 16.3 Å². The second kappa shape index (κ2) is 2.42. The van der Waals surface area contributed by atoms with Gasteiger partial charge in [0.15, 0.2) is 0 Å². The van der Waals surface area contributed by atoms with Crippen molar-refractivity contribution >= 4 is 11.6 Å². The van der Waals surface area contributed by atoms with Crippen LogP contribution in [0, 0.1) is 0 Å². The van der Waals surface area contributed by atoms with Gasteiger partial charge in [-0.25, -0.2) is 9.97 Å². The fourth-order valence-electron chi connectivity index (χ4n) is 2.23. The lowest BCUT2D eigenvalue weighted by Crippen LogP contribution is -2.37. The highest BCUT2D eigenvalue weighted by Gasteiger charge is 2.53. The van der Waals surface area contributed by atoms with Crippen molar-refractivity contribution in [2.24, 2.45) is 0 Å². The quantitative estimate of drug-likeness (QED) is 0.640. The Labute approximate surface area is 81.1 Å². The maximum absolute atomic E-state index is 5.81. The van der Waals surface area contributed by atoms with Crippen LogP contribution >= 0.6 is 11.6 Å². The molecule has 0 spiro atoms. The number of hydrogen-bond acceptors (Lipinski definition) is 3. The Morgan fingerprint density at radius 1 is 1.46 bits per heavy atom. The van der Waals surface area contributed by atoms with Crippen LogP contribution in [0.4, 0.5) is 0 Å². The summed E-state index contributed by atoms with van der Waals surface area (Å²) in [5.74, 6) is 0. The normalized spacial score (nSPS) is 35.9. The summed E-state index contributed by atoms with van der Waals surface area (Å²) >= 11 is 5.81. The summed E-state index contributed by atoms with van der Waals surface area (Å²) in [5.41, 5.74) is 1.21. The molecule has 13 heavy (non-hydrogen) atoms. The molecule has 0 N–H and O–H groups in total. The minimum absolute atomic E-state index is 0.164. The van der Waals surface area contributed by atoms with Gasteiger partial charge in [0.05, 0.1) is 18.4 Å². The van der Waals surface area contributed by atoms with E-state index in [-0.39, 0.29) is 5.41 Å². The number of halogens is 1. The summed E-state index contributed by atoms with van der Waals surface area (Å²) in [6.07, 6.45) is 4.19. The van der Waals surface area contributed by atoms with E-state index in [1.807, 2.05) is 6.07 Å². The molecule has 1 aliphatic carbocycles. The van der Waals surface area contributed by atoms with Crippen LogP contribution in [0.25, 0.3) is 0 Å². The monoisotopic (exact) mass is 196 g/mol. The van der Waals surface area contributed by atoms with Gasteiger partial charge in [0.25, 0.3) is 0 Å². The van der Waals surface area contributed by atoms with Crippen molar-refractivity contribution in [3.8, 4) is 0 Å². The Morgan fingerprint density at radius 3 is 2.92 bits per heavy atom. The minimum atomic E-state index is 0.164. The zero-order valence-corrected chi connectivity index (χ0v) is 7.79. The molecule has 1 saturated carbocycles. The van der Waals surface area contributed by atoms with Crippen LogP contribution in [0.2, 0.25) is 5.15 Å². The summed E-state index contributed by atoms with van der Waals surface area (Å²) in [6, 6.07) is 1.85. The van der Waals surface area contributed by atoms with Gasteiger partial charge in [-0.3, -0.25) is 0 Å². The molecule has 0 amide bonds. The Morgan fingerprint density at radius 2 is 2.31 bits per heavy atom. The Kier molecular flexibility index (Phi) is 1.44. The molecule has 0 radical (unpaired) electrons. The fourth-order valence-corrected chi connectivity index (χ4v) is 2.38. The summed E-state index contributed by atoms with van der Waals surface area (Å²) in [5, 5.41) is 0.523. The first kappa shape index (κ1) is 7.71. The number of rotatable bonds is 1. The van der Waals surface area contributed by atoms with Gasteiger partial charge in [-0.1, -0.05) is 11.6 Å². The summed E-state index contributed by atoms with van der Waals surface area (Å²) in [6.45, 7) is 0.797. The van der Waals surface area contributed by atoms with Crippen molar-refractivity contribution in [2.75, 3.05) is 6.61 Å². The molecule has 3 aliphatic rings. The number of hydrogen-bond donors (Lipinski definition) is 0. The predicted molar refractivity (Wildman–Crippen MR) is 47.7 cm³/mol. The van der Waals surface area contributed by atoms with E-state index in [1.54, 1.807) is 0 Å². The molecule has 1 aromatic rings. The van der Waals surface area contributed by atoms with E-state index in [0.29, 0.717) is 11.3 Å². The number of fused-ring (bicyclic) bond motifs is 1. The lowest BCUT2D eigenvalue weighted by molar-refractivity contribution is 0.122. The zero-order chi connectivity index (χ0) is 8.89. The molecule has 4 rings (SSSR count). The highest BCUT2D eigenvalue weighted by Crippen LogP contribution is 2.51. The van der Waals surface area contributed by atoms with Gasteiger partial charge >= 0.3 is 0 Å². The smallest absolute Gasteiger partial charge is 0.132 e. The van der Waals surface area contributed by atoms with Crippen LogP contribution < -0.4 is 0 Å². The maximum atomic E-state index is 5.81. The molecule has 2 aliphatic heterocycles. The molecule has 2 saturated heterocycles. The number of ether oxygens (including phenoxy) is 1. The third-order valence-corrected chi connectivity index (χ3v) is 3.22. The summed E-state index contributed by atoms with van der Waals surface area (Å²) in [7, 11) is 0. The van der Waals surface area contributed by atoms with E-state index >= 15 is 0 Å². The average Bonchev–Trinajstić information content (AvgIpc) is 2.61. The maximum Gasteiger partial charge on any atom is 0.132 e. The second-order valence-corrected chi connectivity index (χ2v) is 4.23. The molecule has 4 heteroatoms. The van der Waals surface area contributed by atoms with Crippen molar-refractivity contribution < 1.29 is 4.74 Å². The molecule has 0 atom stereocenters. The van der Waals surface area contributed by atoms with Crippen LogP contribution in [-0.2, 0) is 10.2 Å². The molecule has 3 heterocycles. The van der Waals surface area contributed by atoms with Crippen molar-refractivity contribution in [1.29, 1.82) is 0 Å². The van der Waals surface area contributed by atoms with Crippen LogP contribution in [0.5, 0.6) is 0 Å². The van der Waals surface area contributed by atoms with Crippen molar-refractivity contribution in [3.63, 3.8) is 0 Å². The molecule has 2 bridgehead atoms. The largest absolute Gasteiger partial charge is 0.377 e. The predicted octanol–water partition coefficient (Wildman–Crippen LogP) is 1.56. The molecular formula is C9H9ClN2O. The lowest BCUT2D eigenvalue weighted by atomic mass is 9.68. The van der Waals surface area contributed by atoms with Crippen LogP contribution in [0.3, 0.4) is 0 Å². The van der Waals surface area contributed by atoms with Crippen molar-refractivity contribution in [3.05, 3.63) is 23.2 Å². The SMILES string of the molecule is Clc1cc(C23COC(C2)C3)ncn1. The van der Waals surface area contributed by atoms with E-state index in [9.17, 15) is 0 Å². The Hall–Kier alpha value is -0.670. The van der Waals surface area contributed by atoms with Crippen LogP contribution in [-0.4, -0.2) is 22.7 Å². The van der Waals surface area contributed by atoms with E-state index < -0.39 is 0 Å². The number of aromatic nitrogens is 2. The zero-order valence-electron chi connectivity index (χ0n) is 7.03. The van der Waals surface area contributed by atoms with Gasteiger partial charge in [0, 0.05) is 5.41 Å². The molecule has 68 valence electrons. The third-order valence-electron chi connectivity index (χ3n) is 3.01. The van der Waals surface area contributed by atoms with Gasteiger partial charge in [-0.05, 0) is 18.9 Å². The van der Waals surface area contributed by atoms with E-state index in [1.165, 1.54) is 6.33 Å². The van der Waals surface area contributed by atoms with Gasteiger partial charge in [-0.2, -0.15) is 0 Å². The Balaban J connectivity index is 2.00. The van der Waals surface area contributed by atoms with E-state index in [0.717, 1.165) is 25.1 Å². The summed E-state index contributed by atoms with van der Waals surface area (Å²) < 4.78 is 5.52. The third kappa shape index (κ3) is 1.00. The van der Waals surface area contributed by atoms with Crippen LogP contribution in [0.15, 0.2) is 12.4 Å². The van der Waals surface area contributed by atoms with Crippen LogP contribution in [0.1, 0.15) is 18.5 Å². The van der Waals surface area contributed by atoms with Gasteiger partial charge in [-0.15, -0.1) is 0 Å². The first-order valence-corrected chi connectivity index (χ1v) is 4.76. The molecule has 0 unspecified atom stereocenters. The van der Waals surface area contributed by atoms with Gasteiger partial charge in [0.2, 0.25) is 0 Å². The molecule has 1 aromatic heterocycles.